The normalized spacial score (nSPS) is 35.1. The van der Waals surface area contributed by atoms with E-state index < -0.39 is 0 Å². The molecule has 3 atom stereocenters. The summed E-state index contributed by atoms with van der Waals surface area (Å²) in [6.45, 7) is 3.03. The molecular weight excluding hydrogens is 260 g/mol. The molecule has 104 valence electrons. The van der Waals surface area contributed by atoms with Crippen LogP contribution in [0.1, 0.15) is 53.5 Å². The average molecular weight is 280 g/mol. The first-order chi connectivity index (χ1) is 9.31. The third-order valence-corrected chi connectivity index (χ3v) is 5.83. The van der Waals surface area contributed by atoms with Gasteiger partial charge in [0.1, 0.15) is 11.1 Å². The second-order valence-corrected chi connectivity index (χ2v) is 7.00. The number of aliphatic hydroxyl groups is 1. The lowest BCUT2D eigenvalue weighted by Gasteiger charge is -2.34. The fraction of sp³-hybridized carbons (Fsp3) is 0.786. The number of hydrogen-bond acceptors (Lipinski definition) is 5. The Morgan fingerprint density at radius 3 is 3.16 bits per heavy atom. The molecule has 4 rings (SSSR count). The van der Waals surface area contributed by atoms with Crippen LogP contribution in [0.4, 0.5) is 0 Å². The van der Waals surface area contributed by atoms with Crippen LogP contribution in [0.25, 0.3) is 0 Å². The quantitative estimate of drug-likeness (QED) is 0.855. The lowest BCUT2D eigenvalue weighted by molar-refractivity contribution is -0.0503. The fourth-order valence-corrected chi connectivity index (χ4v) is 4.72. The molecule has 1 aliphatic carbocycles. The monoisotopic (exact) mass is 280 g/mol. The minimum absolute atomic E-state index is 0.122. The maximum Gasteiger partial charge on any atom is 0.124 e. The van der Waals surface area contributed by atoms with Gasteiger partial charge in [0.05, 0.1) is 18.4 Å². The molecule has 0 aromatic carbocycles. The zero-order valence-electron chi connectivity index (χ0n) is 11.0. The van der Waals surface area contributed by atoms with Crippen molar-refractivity contribution in [2.45, 2.75) is 50.4 Å². The number of aromatic nitrogens is 1. The Bertz CT molecular complexity index is 476. The van der Waals surface area contributed by atoms with Crippen molar-refractivity contribution in [3.63, 3.8) is 0 Å². The molecule has 2 fully saturated rings. The topological polar surface area (TPSA) is 45.6 Å². The molecule has 1 aromatic rings. The largest absolute Gasteiger partial charge is 0.387 e. The lowest BCUT2D eigenvalue weighted by Crippen LogP contribution is -2.42. The molecule has 1 N–H and O–H groups in total. The number of ether oxygens (including phenoxy) is 1. The van der Waals surface area contributed by atoms with E-state index in [4.69, 9.17) is 4.74 Å². The Balaban J connectivity index is 1.56. The van der Waals surface area contributed by atoms with Gasteiger partial charge < -0.3 is 9.84 Å². The summed E-state index contributed by atoms with van der Waals surface area (Å²) in [6, 6.07) is 0.636. The van der Waals surface area contributed by atoms with Crippen LogP contribution < -0.4 is 0 Å². The van der Waals surface area contributed by atoms with Crippen molar-refractivity contribution in [3.8, 4) is 0 Å². The Labute approximate surface area is 117 Å². The Morgan fingerprint density at radius 2 is 2.26 bits per heavy atom. The summed E-state index contributed by atoms with van der Waals surface area (Å²) >= 11 is 1.76. The summed E-state index contributed by atoms with van der Waals surface area (Å²) in [4.78, 5) is 8.51. The minimum atomic E-state index is -0.350. The SMILES string of the molecule is OC1CCCc2sc(C3CN4CCCC4CO3)nc21. The van der Waals surface area contributed by atoms with Crippen LogP contribution in [-0.2, 0) is 11.2 Å². The second-order valence-electron chi connectivity index (χ2n) is 5.88. The van der Waals surface area contributed by atoms with Crippen LogP contribution in [0, 0.1) is 0 Å². The zero-order chi connectivity index (χ0) is 12.8. The van der Waals surface area contributed by atoms with Gasteiger partial charge in [-0.25, -0.2) is 4.98 Å². The van der Waals surface area contributed by atoms with E-state index in [1.807, 2.05) is 0 Å². The van der Waals surface area contributed by atoms with Gasteiger partial charge in [0.25, 0.3) is 0 Å². The number of nitrogens with zero attached hydrogens (tertiary/aromatic N) is 2. The molecule has 5 heteroatoms. The number of thiazole rings is 1. The molecular formula is C14H20N2O2S. The standard InChI is InChI=1S/C14H20N2O2S/c17-10-4-1-5-12-13(10)15-14(19-12)11-7-16-6-2-3-9(16)8-18-11/h9-11,17H,1-8H2. The first-order valence-corrected chi connectivity index (χ1v) is 8.16. The van der Waals surface area contributed by atoms with Crippen LogP contribution in [0.5, 0.6) is 0 Å². The van der Waals surface area contributed by atoms with E-state index in [0.29, 0.717) is 6.04 Å². The minimum Gasteiger partial charge on any atom is -0.387 e. The van der Waals surface area contributed by atoms with E-state index in [1.54, 1.807) is 11.3 Å². The van der Waals surface area contributed by atoms with Crippen molar-refractivity contribution in [2.75, 3.05) is 19.7 Å². The summed E-state index contributed by atoms with van der Waals surface area (Å²) in [5.74, 6) is 0. The van der Waals surface area contributed by atoms with Crippen LogP contribution in [0.2, 0.25) is 0 Å². The van der Waals surface area contributed by atoms with E-state index in [2.05, 4.69) is 9.88 Å². The highest BCUT2D eigenvalue weighted by atomic mass is 32.1. The molecule has 2 aliphatic heterocycles. The van der Waals surface area contributed by atoms with Crippen LogP contribution >= 0.6 is 11.3 Å². The van der Waals surface area contributed by atoms with Crippen molar-refractivity contribution in [2.24, 2.45) is 0 Å². The maximum atomic E-state index is 10.0. The van der Waals surface area contributed by atoms with Crippen molar-refractivity contribution < 1.29 is 9.84 Å². The molecule has 1 aromatic heterocycles. The molecule has 3 unspecified atom stereocenters. The van der Waals surface area contributed by atoms with Crippen molar-refractivity contribution in [1.82, 2.24) is 9.88 Å². The fourth-order valence-electron chi connectivity index (χ4n) is 3.52. The van der Waals surface area contributed by atoms with Gasteiger partial charge in [-0.2, -0.15) is 0 Å². The van der Waals surface area contributed by atoms with E-state index in [1.165, 1.54) is 24.3 Å². The highest BCUT2D eigenvalue weighted by Gasteiger charge is 2.35. The summed E-state index contributed by atoms with van der Waals surface area (Å²) < 4.78 is 6.02. The number of aliphatic hydroxyl groups excluding tert-OH is 1. The van der Waals surface area contributed by atoms with Crippen molar-refractivity contribution in [1.29, 1.82) is 0 Å². The predicted molar refractivity (Wildman–Crippen MR) is 73.3 cm³/mol. The summed E-state index contributed by atoms with van der Waals surface area (Å²) in [5, 5.41) is 11.1. The van der Waals surface area contributed by atoms with Gasteiger partial charge in [-0.15, -0.1) is 11.3 Å². The van der Waals surface area contributed by atoms with E-state index in [0.717, 1.165) is 43.1 Å². The second kappa shape index (κ2) is 4.81. The molecule has 0 amide bonds. The van der Waals surface area contributed by atoms with Crippen molar-refractivity contribution in [3.05, 3.63) is 15.6 Å². The molecule has 3 heterocycles. The first-order valence-electron chi connectivity index (χ1n) is 7.34. The van der Waals surface area contributed by atoms with Crippen molar-refractivity contribution >= 4 is 11.3 Å². The van der Waals surface area contributed by atoms with E-state index >= 15 is 0 Å². The highest BCUT2D eigenvalue weighted by molar-refractivity contribution is 7.11. The molecule has 0 spiro atoms. The van der Waals surface area contributed by atoms with E-state index in [-0.39, 0.29) is 12.2 Å². The molecule has 2 saturated heterocycles. The number of aryl methyl sites for hydroxylation is 1. The Hall–Kier alpha value is -0.490. The number of morpholine rings is 1. The van der Waals surface area contributed by atoms with Crippen LogP contribution in [0.3, 0.4) is 0 Å². The average Bonchev–Trinajstić information content (AvgIpc) is 3.04. The molecule has 3 aliphatic rings. The van der Waals surface area contributed by atoms with Gasteiger partial charge in [0.2, 0.25) is 0 Å². The summed E-state index contributed by atoms with van der Waals surface area (Å²) in [7, 11) is 0. The zero-order valence-corrected chi connectivity index (χ0v) is 11.9. The smallest absolute Gasteiger partial charge is 0.124 e. The maximum absolute atomic E-state index is 10.0. The number of fused-ring (bicyclic) bond motifs is 2. The number of hydrogen-bond donors (Lipinski definition) is 1. The summed E-state index contributed by atoms with van der Waals surface area (Å²) in [6.07, 6.45) is 5.36. The first kappa shape index (κ1) is 12.3. The Morgan fingerprint density at radius 1 is 1.32 bits per heavy atom. The molecule has 19 heavy (non-hydrogen) atoms. The Kier molecular flexibility index (Phi) is 3.10. The van der Waals surface area contributed by atoms with E-state index in [9.17, 15) is 5.11 Å². The summed E-state index contributed by atoms with van der Waals surface area (Å²) in [5.41, 5.74) is 0.929. The number of rotatable bonds is 1. The lowest BCUT2D eigenvalue weighted by atomic mass is 10.0. The third kappa shape index (κ3) is 2.13. The van der Waals surface area contributed by atoms with Gasteiger partial charge in [-0.05, 0) is 38.6 Å². The molecule has 4 nitrogen and oxygen atoms in total. The van der Waals surface area contributed by atoms with Gasteiger partial charge >= 0.3 is 0 Å². The van der Waals surface area contributed by atoms with Gasteiger partial charge in [0, 0.05) is 17.5 Å². The molecule has 0 radical (unpaired) electrons. The predicted octanol–water partition coefficient (Wildman–Crippen LogP) is 2.05. The molecule has 0 saturated carbocycles. The van der Waals surface area contributed by atoms with Gasteiger partial charge in [-0.1, -0.05) is 0 Å². The van der Waals surface area contributed by atoms with Crippen LogP contribution in [0.15, 0.2) is 0 Å². The third-order valence-electron chi connectivity index (χ3n) is 4.61. The molecule has 0 bridgehead atoms. The van der Waals surface area contributed by atoms with Gasteiger partial charge in [-0.3, -0.25) is 4.90 Å². The van der Waals surface area contributed by atoms with Gasteiger partial charge in [0.15, 0.2) is 0 Å². The highest BCUT2D eigenvalue weighted by Crippen LogP contribution is 2.38. The van der Waals surface area contributed by atoms with Crippen LogP contribution in [-0.4, -0.2) is 40.7 Å².